The van der Waals surface area contributed by atoms with Crippen molar-refractivity contribution < 1.29 is 4.74 Å². The molecule has 2 aromatic rings. The van der Waals surface area contributed by atoms with Crippen LogP contribution < -0.4 is 4.74 Å². The molecule has 0 aliphatic carbocycles. The largest absolute Gasteiger partial charge is 0.485 e. The van der Waals surface area contributed by atoms with Crippen LogP contribution in [0, 0.1) is 0 Å². The van der Waals surface area contributed by atoms with Crippen LogP contribution in [0.3, 0.4) is 0 Å². The number of ether oxygens (including phenoxy) is 1. The van der Waals surface area contributed by atoms with E-state index in [4.69, 9.17) is 4.74 Å². The molecule has 0 spiro atoms. The molecular weight excluding hydrogens is 276 g/mol. The molecule has 0 N–H and O–H groups in total. The number of halogens is 1. The zero-order valence-corrected chi connectivity index (χ0v) is 11.0. The lowest BCUT2D eigenvalue weighted by molar-refractivity contribution is 0.176. The Morgan fingerprint density at radius 1 is 1.00 bits per heavy atom. The zero-order chi connectivity index (χ0) is 11.7. The molecule has 3 rings (SSSR count). The van der Waals surface area contributed by atoms with Gasteiger partial charge in [0.2, 0.25) is 0 Å². The number of aryl methyl sites for hydroxylation is 1. The van der Waals surface area contributed by atoms with Gasteiger partial charge in [0.1, 0.15) is 11.9 Å². The molecule has 2 aromatic carbocycles. The summed E-state index contributed by atoms with van der Waals surface area (Å²) in [4.78, 5) is 0. The van der Waals surface area contributed by atoms with Gasteiger partial charge < -0.3 is 4.74 Å². The first kappa shape index (κ1) is 10.8. The fourth-order valence-corrected chi connectivity index (χ4v) is 2.50. The Bertz CT molecular complexity index is 519. The normalized spacial score (nSPS) is 18.3. The molecule has 17 heavy (non-hydrogen) atoms. The highest BCUT2D eigenvalue weighted by Crippen LogP contribution is 2.34. The number of rotatable bonds is 1. The number of fused-ring (bicyclic) bond motifs is 1. The summed E-state index contributed by atoms with van der Waals surface area (Å²) in [7, 11) is 0. The second kappa shape index (κ2) is 4.53. The summed E-state index contributed by atoms with van der Waals surface area (Å²) in [5.41, 5.74) is 2.57. The Morgan fingerprint density at radius 2 is 1.76 bits per heavy atom. The van der Waals surface area contributed by atoms with Gasteiger partial charge in [-0.3, -0.25) is 0 Å². The monoisotopic (exact) mass is 288 g/mol. The van der Waals surface area contributed by atoms with E-state index in [0.29, 0.717) is 0 Å². The van der Waals surface area contributed by atoms with Crippen molar-refractivity contribution in [3.63, 3.8) is 0 Å². The Hall–Kier alpha value is -1.28. The van der Waals surface area contributed by atoms with Gasteiger partial charge in [-0.25, -0.2) is 0 Å². The van der Waals surface area contributed by atoms with E-state index in [1.807, 2.05) is 6.07 Å². The van der Waals surface area contributed by atoms with Crippen molar-refractivity contribution in [2.75, 3.05) is 0 Å². The van der Waals surface area contributed by atoms with Crippen LogP contribution >= 0.6 is 15.9 Å². The highest BCUT2D eigenvalue weighted by molar-refractivity contribution is 9.10. The lowest BCUT2D eigenvalue weighted by atomic mass is 9.98. The Kier molecular flexibility index (Phi) is 2.89. The molecule has 0 unspecified atom stereocenters. The van der Waals surface area contributed by atoms with Crippen molar-refractivity contribution >= 4 is 15.9 Å². The van der Waals surface area contributed by atoms with Gasteiger partial charge in [0.15, 0.2) is 0 Å². The van der Waals surface area contributed by atoms with Crippen LogP contribution in [-0.2, 0) is 6.42 Å². The van der Waals surface area contributed by atoms with Gasteiger partial charge in [-0.1, -0.05) is 46.3 Å². The molecule has 0 saturated heterocycles. The predicted octanol–water partition coefficient (Wildman–Crippen LogP) is 4.52. The molecule has 0 saturated carbocycles. The second-order valence-electron chi connectivity index (χ2n) is 4.30. The van der Waals surface area contributed by atoms with Crippen molar-refractivity contribution in [1.29, 1.82) is 0 Å². The van der Waals surface area contributed by atoms with Gasteiger partial charge in [0.05, 0.1) is 0 Å². The van der Waals surface area contributed by atoms with Crippen molar-refractivity contribution in [2.24, 2.45) is 0 Å². The fraction of sp³-hybridized carbons (Fsp3) is 0.200. The number of para-hydroxylation sites is 1. The Labute approximate surface area is 110 Å². The fourth-order valence-electron chi connectivity index (χ4n) is 2.24. The third-order valence-electron chi connectivity index (χ3n) is 3.16. The molecule has 86 valence electrons. The van der Waals surface area contributed by atoms with Crippen molar-refractivity contribution in [1.82, 2.24) is 0 Å². The minimum absolute atomic E-state index is 0.193. The van der Waals surface area contributed by atoms with Crippen LogP contribution in [0.2, 0.25) is 0 Å². The zero-order valence-electron chi connectivity index (χ0n) is 9.40. The molecule has 2 heteroatoms. The summed E-state index contributed by atoms with van der Waals surface area (Å²) in [5, 5.41) is 0. The van der Waals surface area contributed by atoms with Gasteiger partial charge in [0.25, 0.3) is 0 Å². The first-order valence-electron chi connectivity index (χ1n) is 5.83. The SMILES string of the molecule is Brc1ccc([C@@H]2CCc3ccccc3O2)cc1. The van der Waals surface area contributed by atoms with Crippen LogP contribution in [-0.4, -0.2) is 0 Å². The van der Waals surface area contributed by atoms with Gasteiger partial charge in [-0.2, -0.15) is 0 Å². The topological polar surface area (TPSA) is 9.23 Å². The summed E-state index contributed by atoms with van der Waals surface area (Å²) in [6, 6.07) is 16.7. The molecule has 0 amide bonds. The molecule has 1 aliphatic rings. The molecule has 1 heterocycles. The molecule has 1 atom stereocenters. The molecule has 0 fully saturated rings. The third kappa shape index (κ3) is 2.22. The van der Waals surface area contributed by atoms with E-state index < -0.39 is 0 Å². The van der Waals surface area contributed by atoms with Crippen molar-refractivity contribution in [2.45, 2.75) is 18.9 Å². The first-order chi connectivity index (χ1) is 8.33. The first-order valence-corrected chi connectivity index (χ1v) is 6.62. The maximum absolute atomic E-state index is 6.04. The third-order valence-corrected chi connectivity index (χ3v) is 3.69. The van der Waals surface area contributed by atoms with Gasteiger partial charge in [-0.05, 0) is 42.2 Å². The molecule has 0 aromatic heterocycles. The lowest BCUT2D eigenvalue weighted by Crippen LogP contribution is -2.14. The van der Waals surface area contributed by atoms with E-state index in [2.05, 4.69) is 58.4 Å². The van der Waals surface area contributed by atoms with Gasteiger partial charge >= 0.3 is 0 Å². The average Bonchev–Trinajstić information content (AvgIpc) is 2.39. The number of hydrogen-bond donors (Lipinski definition) is 0. The lowest BCUT2D eigenvalue weighted by Gasteiger charge is -2.26. The maximum atomic E-state index is 6.04. The van der Waals surface area contributed by atoms with Crippen LogP contribution in [0.5, 0.6) is 5.75 Å². The van der Waals surface area contributed by atoms with Gasteiger partial charge in [-0.15, -0.1) is 0 Å². The Morgan fingerprint density at radius 3 is 2.59 bits per heavy atom. The molecular formula is C15H13BrO. The minimum atomic E-state index is 0.193. The van der Waals surface area contributed by atoms with E-state index in [1.165, 1.54) is 11.1 Å². The van der Waals surface area contributed by atoms with Crippen molar-refractivity contribution in [3.8, 4) is 5.75 Å². The molecule has 0 bridgehead atoms. The van der Waals surface area contributed by atoms with E-state index in [0.717, 1.165) is 23.1 Å². The van der Waals surface area contributed by atoms with Crippen LogP contribution in [0.15, 0.2) is 53.0 Å². The smallest absolute Gasteiger partial charge is 0.124 e. The maximum Gasteiger partial charge on any atom is 0.124 e. The summed E-state index contributed by atoms with van der Waals surface area (Å²) >= 11 is 3.45. The predicted molar refractivity (Wildman–Crippen MR) is 72.3 cm³/mol. The van der Waals surface area contributed by atoms with Crippen molar-refractivity contribution in [3.05, 3.63) is 64.1 Å². The summed E-state index contributed by atoms with van der Waals surface area (Å²) < 4.78 is 7.15. The molecule has 1 aliphatic heterocycles. The van der Waals surface area contributed by atoms with E-state index in [9.17, 15) is 0 Å². The standard InChI is InChI=1S/C15H13BrO/c16-13-8-5-12(6-9-13)15-10-7-11-3-1-2-4-14(11)17-15/h1-6,8-9,15H,7,10H2/t15-/m0/s1. The summed E-state index contributed by atoms with van der Waals surface area (Å²) in [6.07, 6.45) is 2.34. The quantitative estimate of drug-likeness (QED) is 0.750. The van der Waals surface area contributed by atoms with Crippen LogP contribution in [0.1, 0.15) is 23.7 Å². The van der Waals surface area contributed by atoms with E-state index >= 15 is 0 Å². The molecule has 0 radical (unpaired) electrons. The Balaban J connectivity index is 1.86. The number of benzene rings is 2. The average molecular weight is 289 g/mol. The number of hydrogen-bond acceptors (Lipinski definition) is 1. The van der Waals surface area contributed by atoms with Gasteiger partial charge in [0, 0.05) is 4.47 Å². The highest BCUT2D eigenvalue weighted by atomic mass is 79.9. The van der Waals surface area contributed by atoms with E-state index in [-0.39, 0.29) is 6.10 Å². The summed E-state index contributed by atoms with van der Waals surface area (Å²) in [6.45, 7) is 0. The van der Waals surface area contributed by atoms with Crippen LogP contribution in [0.25, 0.3) is 0 Å². The minimum Gasteiger partial charge on any atom is -0.485 e. The second-order valence-corrected chi connectivity index (χ2v) is 5.22. The summed E-state index contributed by atoms with van der Waals surface area (Å²) in [5.74, 6) is 1.03. The highest BCUT2D eigenvalue weighted by Gasteiger charge is 2.20. The molecule has 1 nitrogen and oxygen atoms in total. The van der Waals surface area contributed by atoms with Crippen LogP contribution in [0.4, 0.5) is 0 Å². The van der Waals surface area contributed by atoms with E-state index in [1.54, 1.807) is 0 Å².